The van der Waals surface area contributed by atoms with Crippen molar-refractivity contribution < 1.29 is 19.8 Å². The van der Waals surface area contributed by atoms with Gasteiger partial charge in [-0.25, -0.2) is 4.79 Å². The fourth-order valence-corrected chi connectivity index (χ4v) is 4.06. The lowest BCUT2D eigenvalue weighted by Crippen LogP contribution is -2.29. The van der Waals surface area contributed by atoms with E-state index in [-0.39, 0.29) is 17.8 Å². The SMILES string of the molecule is O=C(O)C1=CC2C(C1)[C@@H]1CC(C(=O)O)[C@H]2C1. The van der Waals surface area contributed by atoms with Crippen molar-refractivity contribution in [3.8, 4) is 0 Å². The molecule has 0 heterocycles. The summed E-state index contributed by atoms with van der Waals surface area (Å²) in [5.74, 6) is -0.536. The molecule has 86 valence electrons. The standard InChI is InChI=1S/C12H14O4/c13-11(14)6-3-7-5-1-9(8(7)4-6)10(2-5)12(15)16/h4-5,7-10H,1-3H2,(H,13,14)(H,15,16)/t5-,7?,8?,9-,10?/m0/s1. The highest BCUT2D eigenvalue weighted by Crippen LogP contribution is 2.60. The second-order valence-electron chi connectivity index (χ2n) is 5.28. The molecule has 0 radical (unpaired) electrons. The third kappa shape index (κ3) is 1.16. The number of allylic oxidation sites excluding steroid dienone is 1. The van der Waals surface area contributed by atoms with Gasteiger partial charge < -0.3 is 10.2 Å². The van der Waals surface area contributed by atoms with Gasteiger partial charge in [-0.2, -0.15) is 0 Å². The van der Waals surface area contributed by atoms with Gasteiger partial charge in [-0.1, -0.05) is 6.08 Å². The molecule has 3 rings (SSSR count). The summed E-state index contributed by atoms with van der Waals surface area (Å²) in [5.41, 5.74) is 0.496. The molecule has 0 amide bonds. The van der Waals surface area contributed by atoms with E-state index in [0.717, 1.165) is 12.8 Å². The summed E-state index contributed by atoms with van der Waals surface area (Å²) in [5, 5.41) is 18.0. The Bertz CT molecular complexity index is 398. The summed E-state index contributed by atoms with van der Waals surface area (Å²) >= 11 is 0. The fourth-order valence-electron chi connectivity index (χ4n) is 4.06. The second kappa shape index (κ2) is 3.09. The fraction of sp³-hybridized carbons (Fsp3) is 0.667. The molecule has 2 fully saturated rings. The molecule has 0 aromatic heterocycles. The Morgan fingerprint density at radius 1 is 1.19 bits per heavy atom. The number of carboxylic acid groups (broad SMARTS) is 2. The van der Waals surface area contributed by atoms with Gasteiger partial charge in [0.25, 0.3) is 0 Å². The lowest BCUT2D eigenvalue weighted by molar-refractivity contribution is -0.144. The average molecular weight is 222 g/mol. The zero-order valence-electron chi connectivity index (χ0n) is 8.80. The maximum Gasteiger partial charge on any atom is 0.331 e. The Balaban J connectivity index is 1.86. The predicted molar refractivity (Wildman–Crippen MR) is 54.7 cm³/mol. The van der Waals surface area contributed by atoms with Crippen LogP contribution in [-0.2, 0) is 9.59 Å². The third-order valence-electron chi connectivity index (χ3n) is 4.68. The molecule has 16 heavy (non-hydrogen) atoms. The molecule has 3 unspecified atom stereocenters. The lowest BCUT2D eigenvalue weighted by atomic mass is 9.75. The van der Waals surface area contributed by atoms with Gasteiger partial charge in [0.1, 0.15) is 0 Å². The number of carbonyl (C=O) groups is 2. The van der Waals surface area contributed by atoms with Crippen LogP contribution in [0.3, 0.4) is 0 Å². The van der Waals surface area contributed by atoms with Crippen LogP contribution in [0.5, 0.6) is 0 Å². The Morgan fingerprint density at radius 2 is 1.94 bits per heavy atom. The minimum absolute atomic E-state index is 0.185. The minimum atomic E-state index is -0.833. The van der Waals surface area contributed by atoms with Gasteiger partial charge in [0.05, 0.1) is 5.92 Å². The molecule has 3 aliphatic rings. The van der Waals surface area contributed by atoms with E-state index in [1.807, 2.05) is 6.08 Å². The van der Waals surface area contributed by atoms with E-state index in [9.17, 15) is 9.59 Å². The normalized spacial score (nSPS) is 44.2. The zero-order valence-corrected chi connectivity index (χ0v) is 8.80. The Morgan fingerprint density at radius 3 is 2.56 bits per heavy atom. The Kier molecular flexibility index (Phi) is 1.91. The van der Waals surface area contributed by atoms with Crippen molar-refractivity contribution in [2.45, 2.75) is 19.3 Å². The predicted octanol–water partition coefficient (Wildman–Crippen LogP) is 1.37. The molecule has 0 aromatic rings. The van der Waals surface area contributed by atoms with Crippen LogP contribution in [0.1, 0.15) is 19.3 Å². The van der Waals surface area contributed by atoms with Crippen LogP contribution in [-0.4, -0.2) is 22.2 Å². The van der Waals surface area contributed by atoms with Crippen molar-refractivity contribution in [3.05, 3.63) is 11.6 Å². The van der Waals surface area contributed by atoms with Crippen LogP contribution in [0.15, 0.2) is 11.6 Å². The van der Waals surface area contributed by atoms with Gasteiger partial charge >= 0.3 is 11.9 Å². The number of carboxylic acids is 2. The number of fused-ring (bicyclic) bond motifs is 5. The average Bonchev–Trinajstić information content (AvgIpc) is 2.87. The highest BCUT2D eigenvalue weighted by molar-refractivity contribution is 5.87. The Labute approximate surface area is 93.0 Å². The maximum absolute atomic E-state index is 11.1. The van der Waals surface area contributed by atoms with Crippen LogP contribution in [0.2, 0.25) is 0 Å². The Hall–Kier alpha value is -1.32. The molecular weight excluding hydrogens is 208 g/mol. The molecule has 2 saturated carbocycles. The smallest absolute Gasteiger partial charge is 0.331 e. The van der Waals surface area contributed by atoms with Crippen molar-refractivity contribution in [2.75, 3.05) is 0 Å². The molecule has 0 aliphatic heterocycles. The van der Waals surface area contributed by atoms with E-state index < -0.39 is 11.9 Å². The van der Waals surface area contributed by atoms with Crippen molar-refractivity contribution >= 4 is 11.9 Å². The highest BCUT2D eigenvalue weighted by atomic mass is 16.4. The first-order valence-electron chi connectivity index (χ1n) is 5.74. The van der Waals surface area contributed by atoms with Crippen molar-refractivity contribution in [3.63, 3.8) is 0 Å². The number of hydrogen-bond acceptors (Lipinski definition) is 2. The van der Waals surface area contributed by atoms with E-state index in [2.05, 4.69) is 0 Å². The first kappa shape index (κ1) is 9.87. The molecule has 0 aromatic carbocycles. The monoisotopic (exact) mass is 222 g/mol. The number of rotatable bonds is 2. The van der Waals surface area contributed by atoms with Gasteiger partial charge in [-0.15, -0.1) is 0 Å². The van der Waals surface area contributed by atoms with E-state index in [0.29, 0.717) is 23.8 Å². The molecule has 4 nitrogen and oxygen atoms in total. The first-order valence-corrected chi connectivity index (χ1v) is 5.74. The van der Waals surface area contributed by atoms with E-state index in [1.165, 1.54) is 0 Å². The molecule has 4 heteroatoms. The van der Waals surface area contributed by atoms with E-state index in [4.69, 9.17) is 10.2 Å². The van der Waals surface area contributed by atoms with Gasteiger partial charge in [0.2, 0.25) is 0 Å². The molecule has 0 saturated heterocycles. The van der Waals surface area contributed by atoms with Crippen LogP contribution in [0, 0.1) is 29.6 Å². The van der Waals surface area contributed by atoms with Gasteiger partial charge in [-0.05, 0) is 42.9 Å². The minimum Gasteiger partial charge on any atom is -0.481 e. The summed E-state index contributed by atoms with van der Waals surface area (Å²) < 4.78 is 0. The van der Waals surface area contributed by atoms with Crippen molar-refractivity contribution in [1.29, 1.82) is 0 Å². The van der Waals surface area contributed by atoms with Crippen LogP contribution in [0.25, 0.3) is 0 Å². The first-order chi connectivity index (χ1) is 7.58. The summed E-state index contributed by atoms with van der Waals surface area (Å²) in [6.45, 7) is 0. The van der Waals surface area contributed by atoms with E-state index >= 15 is 0 Å². The van der Waals surface area contributed by atoms with Crippen LogP contribution < -0.4 is 0 Å². The van der Waals surface area contributed by atoms with Gasteiger partial charge in [0.15, 0.2) is 0 Å². The second-order valence-corrected chi connectivity index (χ2v) is 5.28. The number of aliphatic carboxylic acids is 2. The van der Waals surface area contributed by atoms with Crippen molar-refractivity contribution in [2.24, 2.45) is 29.6 Å². The lowest BCUT2D eigenvalue weighted by Gasteiger charge is -2.28. The van der Waals surface area contributed by atoms with E-state index in [1.54, 1.807) is 0 Å². The number of hydrogen-bond donors (Lipinski definition) is 2. The summed E-state index contributed by atoms with van der Waals surface area (Å²) in [6, 6.07) is 0. The third-order valence-corrected chi connectivity index (χ3v) is 4.68. The summed E-state index contributed by atoms with van der Waals surface area (Å²) in [6.07, 6.45) is 4.21. The van der Waals surface area contributed by atoms with Crippen LogP contribution >= 0.6 is 0 Å². The van der Waals surface area contributed by atoms with Gasteiger partial charge in [-0.3, -0.25) is 4.79 Å². The highest BCUT2D eigenvalue weighted by Gasteiger charge is 2.56. The molecule has 2 N–H and O–H groups in total. The molecular formula is C12H14O4. The topological polar surface area (TPSA) is 74.6 Å². The quantitative estimate of drug-likeness (QED) is 0.740. The molecule has 0 spiro atoms. The molecule has 2 bridgehead atoms. The summed E-state index contributed by atoms with van der Waals surface area (Å²) in [7, 11) is 0. The summed E-state index contributed by atoms with van der Waals surface area (Å²) in [4.78, 5) is 22.0. The van der Waals surface area contributed by atoms with Crippen molar-refractivity contribution in [1.82, 2.24) is 0 Å². The largest absolute Gasteiger partial charge is 0.481 e. The molecule has 3 aliphatic carbocycles. The molecule has 5 atom stereocenters. The zero-order chi connectivity index (χ0) is 11.4. The van der Waals surface area contributed by atoms with Crippen LogP contribution in [0.4, 0.5) is 0 Å². The van der Waals surface area contributed by atoms with Gasteiger partial charge in [0, 0.05) is 5.57 Å². The maximum atomic E-state index is 11.1.